The van der Waals surface area contributed by atoms with Crippen LogP contribution in [0.1, 0.15) is 11.1 Å². The summed E-state index contributed by atoms with van der Waals surface area (Å²) in [4.78, 5) is 8.26. The molecule has 6 nitrogen and oxygen atoms in total. The predicted octanol–water partition coefficient (Wildman–Crippen LogP) is 2.98. The molecule has 0 aliphatic rings. The molecule has 0 bridgehead atoms. The molecule has 0 saturated carbocycles. The van der Waals surface area contributed by atoms with Gasteiger partial charge in [-0.1, -0.05) is 29.8 Å². The first kappa shape index (κ1) is 13.8. The zero-order chi connectivity index (χ0) is 14.8. The minimum absolute atomic E-state index is 0.405. The molecular weight excluding hydrogens is 290 g/mol. The van der Waals surface area contributed by atoms with Gasteiger partial charge in [0.25, 0.3) is 5.78 Å². The van der Waals surface area contributed by atoms with E-state index in [1.807, 2.05) is 31.2 Å². The molecule has 108 valence electrons. The molecule has 0 aliphatic carbocycles. The van der Waals surface area contributed by atoms with Crippen LogP contribution in [-0.2, 0) is 11.3 Å². The number of fused-ring (bicyclic) bond motifs is 1. The van der Waals surface area contributed by atoms with Crippen LogP contribution in [0, 0.1) is 6.92 Å². The number of methoxy groups -OCH3 is 1. The molecule has 0 unspecified atom stereocenters. The van der Waals surface area contributed by atoms with Crippen LogP contribution in [0.25, 0.3) is 5.78 Å². The van der Waals surface area contributed by atoms with Gasteiger partial charge in [-0.25, -0.2) is 0 Å². The monoisotopic (exact) mass is 303 g/mol. The fourth-order valence-electron chi connectivity index (χ4n) is 2.10. The zero-order valence-corrected chi connectivity index (χ0v) is 12.4. The summed E-state index contributed by atoms with van der Waals surface area (Å²) >= 11 is 6.16. The van der Waals surface area contributed by atoms with Gasteiger partial charge < -0.3 is 10.1 Å². The van der Waals surface area contributed by atoms with Crippen molar-refractivity contribution in [2.24, 2.45) is 0 Å². The number of rotatable bonds is 4. The summed E-state index contributed by atoms with van der Waals surface area (Å²) in [6.07, 6.45) is 1.45. The van der Waals surface area contributed by atoms with E-state index in [1.165, 1.54) is 6.33 Å². The second kappa shape index (κ2) is 5.67. The molecule has 7 heteroatoms. The van der Waals surface area contributed by atoms with Crippen LogP contribution in [-0.4, -0.2) is 26.7 Å². The van der Waals surface area contributed by atoms with Gasteiger partial charge in [-0.2, -0.15) is 19.6 Å². The van der Waals surface area contributed by atoms with E-state index in [9.17, 15) is 0 Å². The lowest BCUT2D eigenvalue weighted by molar-refractivity contribution is 0.185. The number of halogens is 1. The van der Waals surface area contributed by atoms with Crippen molar-refractivity contribution in [3.63, 3.8) is 0 Å². The highest BCUT2D eigenvalue weighted by Gasteiger charge is 2.13. The van der Waals surface area contributed by atoms with Gasteiger partial charge >= 0.3 is 0 Å². The Morgan fingerprint density at radius 1 is 1.33 bits per heavy atom. The molecule has 2 aromatic heterocycles. The van der Waals surface area contributed by atoms with Crippen molar-refractivity contribution in [3.8, 4) is 0 Å². The largest absolute Gasteiger partial charge is 0.380 e. The first-order valence-corrected chi connectivity index (χ1v) is 6.78. The zero-order valence-electron chi connectivity index (χ0n) is 11.7. The standard InChI is InChI=1S/C14H14ClN5O/c1-9-12(15)19-14-16-8-17-20(14)13(9)18-11-6-4-3-5-10(11)7-21-2/h3-6,8,18H,7H2,1-2H3. The van der Waals surface area contributed by atoms with Crippen molar-refractivity contribution in [1.82, 2.24) is 19.6 Å². The number of anilines is 2. The van der Waals surface area contributed by atoms with Crippen LogP contribution in [0.3, 0.4) is 0 Å². The lowest BCUT2D eigenvalue weighted by Gasteiger charge is -2.14. The second-order valence-electron chi connectivity index (χ2n) is 4.56. The number of para-hydroxylation sites is 1. The summed E-state index contributed by atoms with van der Waals surface area (Å²) in [6, 6.07) is 7.91. The third-order valence-corrected chi connectivity index (χ3v) is 3.54. The number of benzene rings is 1. The maximum Gasteiger partial charge on any atom is 0.255 e. The minimum atomic E-state index is 0.405. The van der Waals surface area contributed by atoms with Crippen LogP contribution in [0.5, 0.6) is 0 Å². The molecule has 0 spiro atoms. The number of nitrogens with one attached hydrogen (secondary N) is 1. The summed E-state index contributed by atoms with van der Waals surface area (Å²) < 4.78 is 6.85. The normalized spacial score (nSPS) is 11.0. The third-order valence-electron chi connectivity index (χ3n) is 3.17. The lowest BCUT2D eigenvalue weighted by atomic mass is 10.2. The van der Waals surface area contributed by atoms with Crippen molar-refractivity contribution in [1.29, 1.82) is 0 Å². The van der Waals surface area contributed by atoms with Gasteiger partial charge in [-0.05, 0) is 13.0 Å². The Kier molecular flexibility index (Phi) is 3.72. The number of hydrogen-bond acceptors (Lipinski definition) is 5. The average Bonchev–Trinajstić information content (AvgIpc) is 2.93. The molecule has 2 heterocycles. The average molecular weight is 304 g/mol. The second-order valence-corrected chi connectivity index (χ2v) is 4.92. The number of ether oxygens (including phenoxy) is 1. The Labute approximate surface area is 126 Å². The Morgan fingerprint density at radius 2 is 2.14 bits per heavy atom. The Morgan fingerprint density at radius 3 is 2.95 bits per heavy atom. The summed E-state index contributed by atoms with van der Waals surface area (Å²) in [7, 11) is 1.67. The van der Waals surface area contributed by atoms with Gasteiger partial charge in [0, 0.05) is 23.9 Å². The van der Waals surface area contributed by atoms with E-state index in [1.54, 1.807) is 11.6 Å². The van der Waals surface area contributed by atoms with Crippen molar-refractivity contribution in [2.45, 2.75) is 13.5 Å². The highest BCUT2D eigenvalue weighted by molar-refractivity contribution is 6.30. The van der Waals surface area contributed by atoms with E-state index >= 15 is 0 Å². The Hall–Kier alpha value is -2.18. The number of hydrogen-bond donors (Lipinski definition) is 1. The van der Waals surface area contributed by atoms with Gasteiger partial charge in [0.15, 0.2) is 0 Å². The van der Waals surface area contributed by atoms with Gasteiger partial charge in [-0.15, -0.1) is 0 Å². The molecule has 0 atom stereocenters. The smallest absolute Gasteiger partial charge is 0.255 e. The summed E-state index contributed by atoms with van der Waals surface area (Å²) in [5.74, 6) is 1.20. The van der Waals surface area contributed by atoms with E-state index < -0.39 is 0 Å². The lowest BCUT2D eigenvalue weighted by Crippen LogP contribution is -2.06. The van der Waals surface area contributed by atoms with E-state index in [4.69, 9.17) is 16.3 Å². The Balaban J connectivity index is 2.10. The highest BCUT2D eigenvalue weighted by Crippen LogP contribution is 2.27. The number of nitrogens with zero attached hydrogens (tertiary/aromatic N) is 4. The first-order chi connectivity index (χ1) is 10.2. The molecule has 0 saturated heterocycles. The van der Waals surface area contributed by atoms with Gasteiger partial charge in [0.2, 0.25) is 0 Å². The van der Waals surface area contributed by atoms with Gasteiger partial charge in [0.1, 0.15) is 17.3 Å². The van der Waals surface area contributed by atoms with Crippen molar-refractivity contribution >= 4 is 28.9 Å². The van der Waals surface area contributed by atoms with Crippen LogP contribution in [0.4, 0.5) is 11.5 Å². The maximum atomic E-state index is 6.16. The van der Waals surface area contributed by atoms with E-state index in [-0.39, 0.29) is 0 Å². The summed E-state index contributed by atoms with van der Waals surface area (Å²) in [5.41, 5.74) is 2.78. The summed E-state index contributed by atoms with van der Waals surface area (Å²) in [5, 5.41) is 7.94. The summed E-state index contributed by atoms with van der Waals surface area (Å²) in [6.45, 7) is 2.40. The molecule has 3 aromatic rings. The SMILES string of the molecule is COCc1ccccc1Nc1c(C)c(Cl)nc2ncnn12. The van der Waals surface area contributed by atoms with E-state index in [2.05, 4.69) is 20.4 Å². The van der Waals surface area contributed by atoms with E-state index in [0.29, 0.717) is 17.5 Å². The fraction of sp³-hybridized carbons (Fsp3) is 0.214. The maximum absolute atomic E-state index is 6.16. The van der Waals surface area contributed by atoms with Crippen molar-refractivity contribution in [3.05, 3.63) is 46.9 Å². The third kappa shape index (κ3) is 2.55. The molecule has 0 amide bonds. The van der Waals surface area contributed by atoms with Crippen LogP contribution in [0.2, 0.25) is 5.15 Å². The Bertz CT molecular complexity index is 786. The molecule has 3 rings (SSSR count). The molecule has 0 fully saturated rings. The van der Waals surface area contributed by atoms with Crippen LogP contribution >= 0.6 is 11.6 Å². The first-order valence-electron chi connectivity index (χ1n) is 6.40. The highest BCUT2D eigenvalue weighted by atomic mass is 35.5. The molecular formula is C14H14ClN5O. The van der Waals surface area contributed by atoms with Crippen LogP contribution < -0.4 is 5.32 Å². The number of aromatic nitrogens is 4. The van der Waals surface area contributed by atoms with Gasteiger partial charge in [-0.3, -0.25) is 0 Å². The molecule has 0 radical (unpaired) electrons. The van der Waals surface area contributed by atoms with Crippen molar-refractivity contribution in [2.75, 3.05) is 12.4 Å². The predicted molar refractivity (Wildman–Crippen MR) is 81.0 cm³/mol. The molecule has 21 heavy (non-hydrogen) atoms. The fourth-order valence-corrected chi connectivity index (χ4v) is 2.26. The minimum Gasteiger partial charge on any atom is -0.380 e. The van der Waals surface area contributed by atoms with Gasteiger partial charge in [0.05, 0.1) is 6.61 Å². The van der Waals surface area contributed by atoms with Crippen molar-refractivity contribution < 1.29 is 4.74 Å². The molecule has 1 N–H and O–H groups in total. The molecule has 1 aromatic carbocycles. The van der Waals surface area contributed by atoms with Crippen LogP contribution in [0.15, 0.2) is 30.6 Å². The quantitative estimate of drug-likeness (QED) is 0.751. The molecule has 0 aliphatic heterocycles. The topological polar surface area (TPSA) is 64.3 Å². The van der Waals surface area contributed by atoms with E-state index in [0.717, 1.165) is 22.6 Å².